The van der Waals surface area contributed by atoms with Crippen molar-refractivity contribution < 1.29 is 37.5 Å². The van der Waals surface area contributed by atoms with Crippen LogP contribution in [-0.2, 0) is 27.1 Å². The van der Waals surface area contributed by atoms with Crippen molar-refractivity contribution >= 4 is 63.9 Å². The monoisotopic (exact) mass is 540 g/mol. The molecule has 0 radical (unpaired) electrons. The first-order chi connectivity index (χ1) is 16.8. The molecule has 1 fully saturated rings. The van der Waals surface area contributed by atoms with Crippen LogP contribution in [0.4, 0.5) is 23.7 Å². The van der Waals surface area contributed by atoms with Crippen LogP contribution in [0.25, 0.3) is 6.08 Å². The third kappa shape index (κ3) is 6.04. The highest BCUT2D eigenvalue weighted by atomic mass is 35.5. The number of hydrogen-bond donors (Lipinski definition) is 4. The van der Waals surface area contributed by atoms with Gasteiger partial charge in [-0.25, -0.2) is 0 Å². The Morgan fingerprint density at radius 3 is 2.50 bits per heavy atom. The average molecular weight is 541 g/mol. The molecule has 0 aliphatic carbocycles. The van der Waals surface area contributed by atoms with Crippen LogP contribution in [0.5, 0.6) is 0 Å². The van der Waals surface area contributed by atoms with E-state index in [2.05, 4.69) is 5.32 Å². The van der Waals surface area contributed by atoms with Crippen LogP contribution in [-0.4, -0.2) is 45.3 Å². The average Bonchev–Trinajstić information content (AvgIpc) is 3.04. The van der Waals surface area contributed by atoms with Crippen molar-refractivity contribution in [2.24, 2.45) is 5.73 Å². The SMILES string of the molecule is N=C(C(N)=O)c1cc(/C=C2\SC(=O)N(CC(=O)O)C2=O)ccc1NCc1ccc(Cl)cc1C(F)(F)F. The number of primary amides is 1. The van der Waals surface area contributed by atoms with Crippen molar-refractivity contribution in [3.63, 3.8) is 0 Å². The fraction of sp³-hybridized carbons (Fsp3) is 0.136. The van der Waals surface area contributed by atoms with Gasteiger partial charge in [0.2, 0.25) is 0 Å². The molecule has 0 bridgehead atoms. The van der Waals surface area contributed by atoms with E-state index in [1.54, 1.807) is 0 Å². The summed E-state index contributed by atoms with van der Waals surface area (Å²) in [7, 11) is 0. The van der Waals surface area contributed by atoms with Gasteiger partial charge in [0.15, 0.2) is 0 Å². The van der Waals surface area contributed by atoms with Gasteiger partial charge in [-0.05, 0) is 53.2 Å². The normalized spacial score (nSPS) is 14.9. The molecule has 1 aliphatic rings. The number of thioether (sulfide) groups is 1. The second-order valence-electron chi connectivity index (χ2n) is 7.36. The third-order valence-corrected chi connectivity index (χ3v) is 6.01. The zero-order chi connectivity index (χ0) is 26.8. The summed E-state index contributed by atoms with van der Waals surface area (Å²) in [5.41, 5.74) is 3.77. The minimum atomic E-state index is -4.67. The number of aliphatic carboxylic acids is 1. The Bertz CT molecular complexity index is 1330. The molecule has 0 spiro atoms. The molecule has 3 amide bonds. The van der Waals surface area contributed by atoms with Crippen molar-refractivity contribution in [2.45, 2.75) is 12.7 Å². The number of alkyl halides is 3. The molecule has 3 rings (SSSR count). The summed E-state index contributed by atoms with van der Waals surface area (Å²) in [6.07, 6.45) is -3.41. The van der Waals surface area contributed by atoms with Crippen LogP contribution in [0, 0.1) is 5.41 Å². The Labute approximate surface area is 210 Å². The summed E-state index contributed by atoms with van der Waals surface area (Å²) in [6, 6.07) is 7.35. The molecule has 1 aliphatic heterocycles. The maximum absolute atomic E-state index is 13.4. The molecule has 0 atom stereocenters. The predicted molar refractivity (Wildman–Crippen MR) is 127 cm³/mol. The van der Waals surface area contributed by atoms with E-state index in [9.17, 15) is 32.3 Å². The first-order valence-corrected chi connectivity index (χ1v) is 11.1. The number of nitrogens with zero attached hydrogens (tertiary/aromatic N) is 1. The molecule has 9 nitrogen and oxygen atoms in total. The van der Waals surface area contributed by atoms with E-state index in [1.165, 1.54) is 36.4 Å². The number of imide groups is 1. The van der Waals surface area contributed by atoms with Crippen molar-refractivity contribution in [2.75, 3.05) is 11.9 Å². The van der Waals surface area contributed by atoms with Gasteiger partial charge in [0, 0.05) is 22.8 Å². The number of nitrogens with one attached hydrogen (secondary N) is 2. The van der Waals surface area contributed by atoms with Gasteiger partial charge in [0.1, 0.15) is 12.3 Å². The van der Waals surface area contributed by atoms with Gasteiger partial charge in [0.25, 0.3) is 17.1 Å². The second kappa shape index (κ2) is 10.4. The molecule has 1 heterocycles. The predicted octanol–water partition coefficient (Wildman–Crippen LogP) is 3.94. The number of carbonyl (C=O) groups is 4. The van der Waals surface area contributed by atoms with Gasteiger partial charge in [-0.15, -0.1) is 0 Å². The molecule has 0 unspecified atom stereocenters. The minimum Gasteiger partial charge on any atom is -0.480 e. The highest BCUT2D eigenvalue weighted by Crippen LogP contribution is 2.35. The molecule has 1 saturated heterocycles. The lowest BCUT2D eigenvalue weighted by molar-refractivity contribution is -0.140. The highest BCUT2D eigenvalue weighted by molar-refractivity contribution is 8.18. The Morgan fingerprint density at radius 2 is 1.89 bits per heavy atom. The standard InChI is InChI=1S/C22H16ClF3N4O5S/c23-12-3-2-11(14(7-12)22(24,25)26)8-29-15-4-1-10(5-13(15)18(27)19(28)33)6-16-20(34)30(9-17(31)32)21(35)36-16/h1-7,27,29H,8-9H2,(H2,28,33)(H,31,32)/b16-6-,27-18?. The Hall–Kier alpha value is -3.84. The second-order valence-corrected chi connectivity index (χ2v) is 8.79. The van der Waals surface area contributed by atoms with Gasteiger partial charge in [0.05, 0.1) is 10.5 Å². The Balaban J connectivity index is 1.93. The summed E-state index contributed by atoms with van der Waals surface area (Å²) >= 11 is 6.21. The van der Waals surface area contributed by atoms with E-state index in [4.69, 9.17) is 27.9 Å². The maximum atomic E-state index is 13.4. The van der Waals surface area contributed by atoms with E-state index in [0.29, 0.717) is 16.7 Å². The van der Waals surface area contributed by atoms with Gasteiger partial charge in [-0.1, -0.05) is 23.7 Å². The van der Waals surface area contributed by atoms with Crippen molar-refractivity contribution in [3.05, 3.63) is 68.6 Å². The summed E-state index contributed by atoms with van der Waals surface area (Å²) in [4.78, 5) is 47.3. The van der Waals surface area contributed by atoms with Crippen molar-refractivity contribution in [1.82, 2.24) is 4.90 Å². The fourth-order valence-corrected chi connectivity index (χ4v) is 4.24. The number of carboxylic acids is 1. The number of carboxylic acid groups (broad SMARTS) is 1. The lowest BCUT2D eigenvalue weighted by Gasteiger charge is -2.16. The van der Waals surface area contributed by atoms with Gasteiger partial charge in [-0.3, -0.25) is 29.5 Å². The number of hydrogen-bond acceptors (Lipinski definition) is 7. The molecule has 2 aromatic carbocycles. The summed E-state index contributed by atoms with van der Waals surface area (Å²) < 4.78 is 40.2. The molecule has 36 heavy (non-hydrogen) atoms. The zero-order valence-electron chi connectivity index (χ0n) is 18.0. The summed E-state index contributed by atoms with van der Waals surface area (Å²) in [6.45, 7) is -1.15. The Kier molecular flexibility index (Phi) is 7.74. The van der Waals surface area contributed by atoms with E-state index < -0.39 is 47.0 Å². The lowest BCUT2D eigenvalue weighted by Crippen LogP contribution is -2.33. The van der Waals surface area contributed by atoms with Gasteiger partial charge in [-0.2, -0.15) is 13.2 Å². The molecule has 188 valence electrons. The first-order valence-electron chi connectivity index (χ1n) is 9.87. The van der Waals surface area contributed by atoms with Gasteiger partial charge < -0.3 is 16.2 Å². The Morgan fingerprint density at radius 1 is 1.19 bits per heavy atom. The van der Waals surface area contributed by atoms with Crippen molar-refractivity contribution in [3.8, 4) is 0 Å². The number of anilines is 1. The molecule has 0 saturated carbocycles. The largest absolute Gasteiger partial charge is 0.480 e. The zero-order valence-corrected chi connectivity index (χ0v) is 19.6. The topological polar surface area (TPSA) is 154 Å². The minimum absolute atomic E-state index is 0.0662. The van der Waals surface area contributed by atoms with E-state index >= 15 is 0 Å². The van der Waals surface area contributed by atoms with Crippen molar-refractivity contribution in [1.29, 1.82) is 5.41 Å². The van der Waals surface area contributed by atoms with Crippen LogP contribution in [0.15, 0.2) is 41.3 Å². The summed E-state index contributed by atoms with van der Waals surface area (Å²) in [5, 5.41) is 18.7. The smallest absolute Gasteiger partial charge is 0.416 e. The number of rotatable bonds is 8. The lowest BCUT2D eigenvalue weighted by atomic mass is 10.0. The fourth-order valence-electron chi connectivity index (χ4n) is 3.23. The number of benzene rings is 2. The molecule has 5 N–H and O–H groups in total. The maximum Gasteiger partial charge on any atom is 0.416 e. The molecule has 14 heteroatoms. The number of carbonyl (C=O) groups excluding carboxylic acids is 3. The molecule has 2 aromatic rings. The van der Waals surface area contributed by atoms with Crippen LogP contribution >= 0.6 is 23.4 Å². The highest BCUT2D eigenvalue weighted by Gasteiger charge is 2.36. The number of amides is 3. The van der Waals surface area contributed by atoms with E-state index in [1.807, 2.05) is 0 Å². The van der Waals surface area contributed by atoms with E-state index in [0.717, 1.165) is 6.07 Å². The number of halogens is 4. The quantitative estimate of drug-likeness (QED) is 0.292. The van der Waals surface area contributed by atoms with Gasteiger partial charge >= 0.3 is 12.1 Å². The molecule has 0 aromatic heterocycles. The first kappa shape index (κ1) is 26.8. The molecular formula is C22H16ClF3N4O5S. The number of nitrogens with two attached hydrogens (primary N) is 1. The van der Waals surface area contributed by atoms with Crippen LogP contribution in [0.1, 0.15) is 22.3 Å². The summed E-state index contributed by atoms with van der Waals surface area (Å²) in [5.74, 6) is -3.32. The van der Waals surface area contributed by atoms with Crippen LogP contribution in [0.3, 0.4) is 0 Å². The van der Waals surface area contributed by atoms with E-state index in [-0.39, 0.29) is 38.9 Å². The molecular weight excluding hydrogens is 525 g/mol. The van der Waals surface area contributed by atoms with Crippen LogP contribution < -0.4 is 11.1 Å². The third-order valence-electron chi connectivity index (χ3n) is 4.87. The van der Waals surface area contributed by atoms with Crippen LogP contribution in [0.2, 0.25) is 5.02 Å².